The van der Waals surface area contributed by atoms with E-state index in [1.807, 2.05) is 11.3 Å². The van der Waals surface area contributed by atoms with Crippen LogP contribution in [0.25, 0.3) is 0 Å². The largest absolute Gasteiger partial charge is 0.314 e. The normalized spacial score (nSPS) is 26.0. The number of thiophene rings is 1. The van der Waals surface area contributed by atoms with Crippen LogP contribution in [0.15, 0.2) is 15.9 Å². The first kappa shape index (κ1) is 11.6. The molecule has 84 valence electrons. The van der Waals surface area contributed by atoms with Crippen molar-refractivity contribution in [2.24, 2.45) is 5.92 Å². The minimum absolute atomic E-state index is 0.781. The highest BCUT2D eigenvalue weighted by molar-refractivity contribution is 9.11. The van der Waals surface area contributed by atoms with Crippen LogP contribution in [0.5, 0.6) is 0 Å². The van der Waals surface area contributed by atoms with E-state index >= 15 is 0 Å². The SMILES string of the molecule is CC1CCC(NCCc2ccc(Br)s2)C1. The Hall–Kier alpha value is 0.140. The maximum Gasteiger partial charge on any atom is 0.0701 e. The van der Waals surface area contributed by atoms with Crippen LogP contribution < -0.4 is 5.32 Å². The zero-order chi connectivity index (χ0) is 10.7. The van der Waals surface area contributed by atoms with Crippen LogP contribution in [0.4, 0.5) is 0 Å². The summed E-state index contributed by atoms with van der Waals surface area (Å²) in [7, 11) is 0. The van der Waals surface area contributed by atoms with Gasteiger partial charge in [-0.25, -0.2) is 0 Å². The Morgan fingerprint density at radius 3 is 2.93 bits per heavy atom. The zero-order valence-corrected chi connectivity index (χ0v) is 11.5. The average Bonchev–Trinajstić information content (AvgIpc) is 2.76. The van der Waals surface area contributed by atoms with Crippen LogP contribution in [-0.4, -0.2) is 12.6 Å². The molecule has 1 nitrogen and oxygen atoms in total. The Morgan fingerprint density at radius 2 is 2.33 bits per heavy atom. The van der Waals surface area contributed by atoms with Crippen LogP contribution in [0.1, 0.15) is 31.1 Å². The Morgan fingerprint density at radius 1 is 1.47 bits per heavy atom. The van der Waals surface area contributed by atoms with E-state index in [-0.39, 0.29) is 0 Å². The van der Waals surface area contributed by atoms with Crippen molar-refractivity contribution in [3.05, 3.63) is 20.8 Å². The van der Waals surface area contributed by atoms with Crippen molar-refractivity contribution in [3.63, 3.8) is 0 Å². The maximum atomic E-state index is 3.66. The van der Waals surface area contributed by atoms with Gasteiger partial charge in [0.1, 0.15) is 0 Å². The lowest BCUT2D eigenvalue weighted by Crippen LogP contribution is -2.28. The molecule has 0 radical (unpaired) electrons. The molecule has 1 aliphatic rings. The van der Waals surface area contributed by atoms with Crippen LogP contribution in [-0.2, 0) is 6.42 Å². The van der Waals surface area contributed by atoms with Crippen LogP contribution in [0, 0.1) is 5.92 Å². The fourth-order valence-electron chi connectivity index (χ4n) is 2.28. The first-order valence-corrected chi connectivity index (χ1v) is 7.32. The van der Waals surface area contributed by atoms with Crippen molar-refractivity contribution in [3.8, 4) is 0 Å². The first-order valence-electron chi connectivity index (χ1n) is 5.71. The molecular formula is C12H18BrNS. The number of rotatable bonds is 4. The number of hydrogen-bond donors (Lipinski definition) is 1. The Balaban J connectivity index is 1.67. The van der Waals surface area contributed by atoms with Crippen molar-refractivity contribution in [2.75, 3.05) is 6.54 Å². The summed E-state index contributed by atoms with van der Waals surface area (Å²) in [6, 6.07) is 5.13. The Kier molecular flexibility index (Phi) is 4.23. The molecule has 0 amide bonds. The van der Waals surface area contributed by atoms with Gasteiger partial charge < -0.3 is 5.32 Å². The van der Waals surface area contributed by atoms with Gasteiger partial charge in [0.2, 0.25) is 0 Å². The topological polar surface area (TPSA) is 12.0 Å². The lowest BCUT2D eigenvalue weighted by atomic mass is 10.1. The lowest BCUT2D eigenvalue weighted by Gasteiger charge is -2.11. The Labute approximate surface area is 104 Å². The van der Waals surface area contributed by atoms with Gasteiger partial charge in [-0.15, -0.1) is 11.3 Å². The third-order valence-electron chi connectivity index (χ3n) is 3.13. The molecule has 1 aromatic heterocycles. The number of nitrogens with one attached hydrogen (secondary N) is 1. The van der Waals surface area contributed by atoms with E-state index < -0.39 is 0 Å². The summed E-state index contributed by atoms with van der Waals surface area (Å²) in [6.07, 6.45) is 5.31. The van der Waals surface area contributed by atoms with Crippen molar-refractivity contribution in [2.45, 2.75) is 38.6 Å². The zero-order valence-electron chi connectivity index (χ0n) is 9.13. The molecule has 0 aliphatic heterocycles. The van der Waals surface area contributed by atoms with Gasteiger partial charge in [-0.05, 0) is 59.7 Å². The van der Waals surface area contributed by atoms with Gasteiger partial charge >= 0.3 is 0 Å². The Bertz CT molecular complexity index is 310. The molecule has 3 heteroatoms. The number of halogens is 1. The quantitative estimate of drug-likeness (QED) is 0.888. The van der Waals surface area contributed by atoms with Crippen molar-refractivity contribution < 1.29 is 0 Å². The summed E-state index contributed by atoms with van der Waals surface area (Å²) < 4.78 is 1.24. The van der Waals surface area contributed by atoms with Gasteiger partial charge in [0.15, 0.2) is 0 Å². The van der Waals surface area contributed by atoms with E-state index in [1.165, 1.54) is 34.3 Å². The van der Waals surface area contributed by atoms with Gasteiger partial charge in [-0.3, -0.25) is 0 Å². The van der Waals surface area contributed by atoms with E-state index in [4.69, 9.17) is 0 Å². The lowest BCUT2D eigenvalue weighted by molar-refractivity contribution is 0.506. The summed E-state index contributed by atoms with van der Waals surface area (Å²) >= 11 is 5.34. The summed E-state index contributed by atoms with van der Waals surface area (Å²) in [6.45, 7) is 3.49. The monoisotopic (exact) mass is 287 g/mol. The molecule has 0 spiro atoms. The smallest absolute Gasteiger partial charge is 0.0701 e. The van der Waals surface area contributed by atoms with Gasteiger partial charge in [-0.1, -0.05) is 6.92 Å². The molecule has 1 fully saturated rings. The first-order chi connectivity index (χ1) is 7.24. The molecule has 2 rings (SSSR count). The molecule has 0 saturated heterocycles. The highest BCUT2D eigenvalue weighted by atomic mass is 79.9. The fraction of sp³-hybridized carbons (Fsp3) is 0.667. The van der Waals surface area contributed by atoms with Crippen LogP contribution in [0.3, 0.4) is 0 Å². The second-order valence-electron chi connectivity index (χ2n) is 4.53. The highest BCUT2D eigenvalue weighted by Crippen LogP contribution is 2.25. The molecule has 2 unspecified atom stereocenters. The van der Waals surface area contributed by atoms with Crippen molar-refractivity contribution >= 4 is 27.3 Å². The second kappa shape index (κ2) is 5.46. The third-order valence-corrected chi connectivity index (χ3v) is 4.81. The predicted octanol–water partition coefficient (Wildman–Crippen LogP) is 3.83. The van der Waals surface area contributed by atoms with Gasteiger partial charge in [0.05, 0.1) is 3.79 Å². The highest BCUT2D eigenvalue weighted by Gasteiger charge is 2.20. The molecule has 1 aromatic rings. The van der Waals surface area contributed by atoms with Gasteiger partial charge in [-0.2, -0.15) is 0 Å². The van der Waals surface area contributed by atoms with E-state index in [0.717, 1.165) is 18.5 Å². The molecule has 1 saturated carbocycles. The minimum atomic E-state index is 0.781. The summed E-state index contributed by atoms with van der Waals surface area (Å²) in [5.41, 5.74) is 0. The minimum Gasteiger partial charge on any atom is -0.314 e. The molecule has 1 aliphatic carbocycles. The molecule has 15 heavy (non-hydrogen) atoms. The third kappa shape index (κ3) is 3.58. The standard InChI is InChI=1S/C12H18BrNS/c1-9-2-3-10(8-9)14-7-6-11-4-5-12(13)15-11/h4-5,9-10,14H,2-3,6-8H2,1H3. The van der Waals surface area contributed by atoms with Crippen molar-refractivity contribution in [1.82, 2.24) is 5.32 Å². The van der Waals surface area contributed by atoms with Crippen LogP contribution in [0.2, 0.25) is 0 Å². The molecule has 2 atom stereocenters. The maximum absolute atomic E-state index is 3.66. The van der Waals surface area contributed by atoms with E-state index in [0.29, 0.717) is 0 Å². The average molecular weight is 288 g/mol. The number of hydrogen-bond acceptors (Lipinski definition) is 2. The molecule has 1 heterocycles. The van der Waals surface area contributed by atoms with E-state index in [9.17, 15) is 0 Å². The second-order valence-corrected chi connectivity index (χ2v) is 7.07. The molecule has 0 aromatic carbocycles. The van der Waals surface area contributed by atoms with Crippen molar-refractivity contribution in [1.29, 1.82) is 0 Å². The summed E-state index contributed by atoms with van der Waals surface area (Å²) in [4.78, 5) is 1.47. The molecule has 0 bridgehead atoms. The van der Waals surface area contributed by atoms with Gasteiger partial charge in [0.25, 0.3) is 0 Å². The summed E-state index contributed by atoms with van der Waals surface area (Å²) in [5.74, 6) is 0.929. The van der Waals surface area contributed by atoms with E-state index in [1.54, 1.807) is 0 Å². The summed E-state index contributed by atoms with van der Waals surface area (Å²) in [5, 5.41) is 3.66. The molecular weight excluding hydrogens is 270 g/mol. The predicted molar refractivity (Wildman–Crippen MR) is 70.5 cm³/mol. The van der Waals surface area contributed by atoms with Gasteiger partial charge in [0, 0.05) is 17.5 Å². The van der Waals surface area contributed by atoms with Crippen LogP contribution >= 0.6 is 27.3 Å². The fourth-order valence-corrected chi connectivity index (χ4v) is 3.76. The van der Waals surface area contributed by atoms with E-state index in [2.05, 4.69) is 40.3 Å². The molecule has 1 N–H and O–H groups in total.